The molecule has 0 bridgehead atoms. The van der Waals surface area contributed by atoms with Gasteiger partial charge in [-0.3, -0.25) is 10.1 Å². The number of carbonyl (C=O) groups is 1. The lowest BCUT2D eigenvalue weighted by molar-refractivity contribution is 0.102. The Morgan fingerprint density at radius 2 is 2.05 bits per heavy atom. The van der Waals surface area contributed by atoms with Crippen molar-refractivity contribution in [1.82, 2.24) is 9.97 Å². The Bertz CT molecular complexity index is 677. The molecule has 0 aliphatic rings. The van der Waals surface area contributed by atoms with Crippen molar-refractivity contribution >= 4 is 22.4 Å². The molecule has 0 spiro atoms. The van der Waals surface area contributed by atoms with Crippen molar-refractivity contribution in [2.75, 3.05) is 5.32 Å². The van der Waals surface area contributed by atoms with Crippen LogP contribution in [-0.2, 0) is 0 Å². The lowest BCUT2D eigenvalue weighted by Gasteiger charge is -2.01. The van der Waals surface area contributed by atoms with Crippen molar-refractivity contribution in [3.63, 3.8) is 0 Å². The summed E-state index contributed by atoms with van der Waals surface area (Å²) in [6.07, 6.45) is 2.89. The summed E-state index contributed by atoms with van der Waals surface area (Å²) in [6, 6.07) is 9.37. The summed E-state index contributed by atoms with van der Waals surface area (Å²) in [5.74, 6) is 0.122. The number of nitrogens with one attached hydrogen (secondary N) is 1. The van der Waals surface area contributed by atoms with E-state index in [0.29, 0.717) is 10.9 Å². The Balaban J connectivity index is 1.90. The fourth-order valence-electron chi connectivity index (χ4n) is 1.64. The number of oxazole rings is 1. The minimum absolute atomic E-state index is 0.251. The molecule has 0 saturated heterocycles. The van der Waals surface area contributed by atoms with E-state index in [9.17, 15) is 4.79 Å². The molecule has 2 heterocycles. The number of hydrogen-bond donors (Lipinski definition) is 1. The molecule has 6 heteroatoms. The standard InChI is InChI=1S/C13H9N3O2S/c17-12(16-13-14-6-7-19-13)10-11(18-8-15-10)9-4-2-1-3-5-9/h1-8H,(H,14,16,17). The Morgan fingerprint density at radius 3 is 2.79 bits per heavy atom. The van der Waals surface area contributed by atoms with E-state index in [1.807, 2.05) is 30.3 Å². The minimum Gasteiger partial charge on any atom is -0.443 e. The van der Waals surface area contributed by atoms with Crippen LogP contribution >= 0.6 is 11.3 Å². The molecular weight excluding hydrogens is 262 g/mol. The second-order valence-electron chi connectivity index (χ2n) is 3.69. The number of aromatic nitrogens is 2. The topological polar surface area (TPSA) is 68.0 Å². The van der Waals surface area contributed by atoms with Gasteiger partial charge in [-0.05, 0) is 0 Å². The monoisotopic (exact) mass is 271 g/mol. The number of rotatable bonds is 3. The van der Waals surface area contributed by atoms with Gasteiger partial charge in [-0.15, -0.1) is 11.3 Å². The van der Waals surface area contributed by atoms with Crippen LogP contribution in [0.25, 0.3) is 11.3 Å². The third-order valence-corrected chi connectivity index (χ3v) is 3.16. The van der Waals surface area contributed by atoms with Gasteiger partial charge in [-0.25, -0.2) is 9.97 Å². The second-order valence-corrected chi connectivity index (χ2v) is 4.58. The fraction of sp³-hybridized carbons (Fsp3) is 0. The van der Waals surface area contributed by atoms with Gasteiger partial charge >= 0.3 is 0 Å². The smallest absolute Gasteiger partial charge is 0.280 e. The molecule has 0 aliphatic carbocycles. The van der Waals surface area contributed by atoms with E-state index in [1.54, 1.807) is 11.6 Å². The van der Waals surface area contributed by atoms with Crippen LogP contribution in [0.15, 0.2) is 52.7 Å². The molecule has 0 fully saturated rings. The zero-order valence-corrected chi connectivity index (χ0v) is 10.6. The van der Waals surface area contributed by atoms with Crippen LogP contribution in [0, 0.1) is 0 Å². The maximum absolute atomic E-state index is 12.1. The molecule has 0 radical (unpaired) electrons. The van der Waals surface area contributed by atoms with Gasteiger partial charge in [-0.2, -0.15) is 0 Å². The molecule has 1 N–H and O–H groups in total. The molecule has 1 amide bonds. The zero-order valence-electron chi connectivity index (χ0n) is 9.74. The summed E-state index contributed by atoms with van der Waals surface area (Å²) in [5, 5.41) is 5.00. The number of thiazole rings is 1. The molecule has 0 atom stereocenters. The van der Waals surface area contributed by atoms with Gasteiger partial charge in [0.25, 0.3) is 5.91 Å². The molecule has 1 aromatic carbocycles. The van der Waals surface area contributed by atoms with E-state index in [2.05, 4.69) is 15.3 Å². The molecule has 0 unspecified atom stereocenters. The summed E-state index contributed by atoms with van der Waals surface area (Å²) in [5.41, 5.74) is 1.06. The van der Waals surface area contributed by atoms with Crippen molar-refractivity contribution in [1.29, 1.82) is 0 Å². The van der Waals surface area contributed by atoms with Crippen molar-refractivity contribution in [2.24, 2.45) is 0 Å². The quantitative estimate of drug-likeness (QED) is 0.795. The highest BCUT2D eigenvalue weighted by Gasteiger charge is 2.18. The van der Waals surface area contributed by atoms with Crippen LogP contribution < -0.4 is 5.32 Å². The highest BCUT2D eigenvalue weighted by Crippen LogP contribution is 2.23. The summed E-state index contributed by atoms with van der Waals surface area (Å²) in [6.45, 7) is 0. The van der Waals surface area contributed by atoms with Gasteiger partial charge in [0.1, 0.15) is 0 Å². The van der Waals surface area contributed by atoms with Crippen molar-refractivity contribution in [3.8, 4) is 11.3 Å². The van der Waals surface area contributed by atoms with Crippen molar-refractivity contribution < 1.29 is 9.21 Å². The lowest BCUT2D eigenvalue weighted by atomic mass is 10.1. The van der Waals surface area contributed by atoms with E-state index >= 15 is 0 Å². The van der Waals surface area contributed by atoms with E-state index in [1.165, 1.54) is 17.7 Å². The second kappa shape index (κ2) is 5.03. The number of hydrogen-bond acceptors (Lipinski definition) is 5. The molecular formula is C13H9N3O2S. The van der Waals surface area contributed by atoms with Crippen LogP contribution in [0.5, 0.6) is 0 Å². The maximum Gasteiger partial charge on any atom is 0.280 e. The van der Waals surface area contributed by atoms with Crippen molar-refractivity contribution in [3.05, 3.63) is 54.0 Å². The molecule has 0 saturated carbocycles. The lowest BCUT2D eigenvalue weighted by Crippen LogP contribution is -2.13. The number of anilines is 1. The van der Waals surface area contributed by atoms with Crippen LogP contribution in [0.1, 0.15) is 10.5 Å². The van der Waals surface area contributed by atoms with Gasteiger partial charge in [0, 0.05) is 17.1 Å². The van der Waals surface area contributed by atoms with Gasteiger partial charge in [0.2, 0.25) is 0 Å². The van der Waals surface area contributed by atoms with Crippen LogP contribution in [0.2, 0.25) is 0 Å². The van der Waals surface area contributed by atoms with E-state index < -0.39 is 0 Å². The summed E-state index contributed by atoms with van der Waals surface area (Å²) in [4.78, 5) is 20.1. The molecule has 19 heavy (non-hydrogen) atoms. The SMILES string of the molecule is O=C(Nc1nccs1)c1ncoc1-c1ccccc1. The molecule has 3 rings (SSSR count). The average Bonchev–Trinajstić information content (AvgIpc) is 3.10. The largest absolute Gasteiger partial charge is 0.443 e. The summed E-state index contributed by atoms with van der Waals surface area (Å²) in [7, 11) is 0. The predicted octanol–water partition coefficient (Wildman–Crippen LogP) is 3.05. The Morgan fingerprint density at radius 1 is 1.21 bits per heavy atom. The Kier molecular flexibility index (Phi) is 3.07. The first-order valence-corrected chi connectivity index (χ1v) is 6.42. The normalized spacial score (nSPS) is 10.3. The number of amides is 1. The zero-order chi connectivity index (χ0) is 13.1. The highest BCUT2D eigenvalue weighted by atomic mass is 32.1. The van der Waals surface area contributed by atoms with Crippen LogP contribution in [-0.4, -0.2) is 15.9 Å². The summed E-state index contributed by atoms with van der Waals surface area (Å²) < 4.78 is 5.30. The first-order chi connectivity index (χ1) is 9.34. The first kappa shape index (κ1) is 11.6. The molecule has 2 aromatic heterocycles. The van der Waals surface area contributed by atoms with Crippen LogP contribution in [0.4, 0.5) is 5.13 Å². The molecule has 3 aromatic rings. The van der Waals surface area contributed by atoms with Gasteiger partial charge in [-0.1, -0.05) is 30.3 Å². The molecule has 0 aliphatic heterocycles. The first-order valence-electron chi connectivity index (χ1n) is 5.54. The summed E-state index contributed by atoms with van der Waals surface area (Å²) >= 11 is 1.35. The van der Waals surface area contributed by atoms with Gasteiger partial charge in [0.05, 0.1) is 0 Å². The van der Waals surface area contributed by atoms with Crippen LogP contribution in [0.3, 0.4) is 0 Å². The minimum atomic E-state index is -0.331. The average molecular weight is 271 g/mol. The van der Waals surface area contributed by atoms with Gasteiger partial charge < -0.3 is 4.42 Å². The molecule has 5 nitrogen and oxygen atoms in total. The maximum atomic E-state index is 12.1. The third-order valence-electron chi connectivity index (χ3n) is 2.47. The third kappa shape index (κ3) is 2.38. The van der Waals surface area contributed by atoms with E-state index in [4.69, 9.17) is 4.42 Å². The fourth-order valence-corrected chi connectivity index (χ4v) is 2.17. The Labute approximate surface area is 112 Å². The van der Waals surface area contributed by atoms with E-state index in [-0.39, 0.29) is 11.6 Å². The number of benzene rings is 1. The highest BCUT2D eigenvalue weighted by molar-refractivity contribution is 7.13. The Hall–Kier alpha value is -2.47. The predicted molar refractivity (Wildman–Crippen MR) is 72.0 cm³/mol. The number of nitrogens with zero attached hydrogens (tertiary/aromatic N) is 2. The van der Waals surface area contributed by atoms with Crippen molar-refractivity contribution in [2.45, 2.75) is 0 Å². The number of carbonyl (C=O) groups excluding carboxylic acids is 1. The van der Waals surface area contributed by atoms with E-state index in [0.717, 1.165) is 5.56 Å². The van der Waals surface area contributed by atoms with Gasteiger partial charge in [0.15, 0.2) is 23.0 Å². The molecule has 94 valence electrons.